The highest BCUT2D eigenvalue weighted by Crippen LogP contribution is 2.19. The van der Waals surface area contributed by atoms with Gasteiger partial charge in [0.25, 0.3) is 0 Å². The van der Waals surface area contributed by atoms with Gasteiger partial charge in [0.05, 0.1) is 10.7 Å². The summed E-state index contributed by atoms with van der Waals surface area (Å²) in [4.78, 5) is 4.56. The van der Waals surface area contributed by atoms with Gasteiger partial charge in [0.1, 0.15) is 0 Å². The number of likely N-dealkylation sites (N-methyl/N-ethyl adjacent to an activating group) is 1. The van der Waals surface area contributed by atoms with Crippen LogP contribution in [0.1, 0.15) is 23.2 Å². The van der Waals surface area contributed by atoms with Gasteiger partial charge in [-0.15, -0.1) is 11.3 Å². The number of benzene rings is 1. The molecule has 1 aromatic heterocycles. The summed E-state index contributed by atoms with van der Waals surface area (Å²) in [5.74, 6) is 0. The molecule has 0 saturated heterocycles. The molecule has 1 atom stereocenters. The molecule has 2 aromatic rings. The fourth-order valence-electron chi connectivity index (χ4n) is 2.19. The van der Waals surface area contributed by atoms with Gasteiger partial charge >= 0.3 is 0 Å². The number of nitrogens with one attached hydrogen (secondary N) is 1. The van der Waals surface area contributed by atoms with Crippen molar-refractivity contribution in [1.29, 1.82) is 0 Å². The van der Waals surface area contributed by atoms with Crippen molar-refractivity contribution in [3.05, 3.63) is 50.4 Å². The summed E-state index contributed by atoms with van der Waals surface area (Å²) < 4.78 is 1.19. The van der Waals surface area contributed by atoms with Gasteiger partial charge in [0, 0.05) is 22.3 Å². The van der Waals surface area contributed by atoms with Gasteiger partial charge in [-0.3, -0.25) is 0 Å². The molecule has 0 fully saturated rings. The molecule has 0 aliphatic carbocycles. The van der Waals surface area contributed by atoms with Crippen LogP contribution in [0.15, 0.2) is 34.1 Å². The topological polar surface area (TPSA) is 24.9 Å². The maximum Gasteiger partial charge on any atom is 0.0897 e. The Morgan fingerprint density at radius 1 is 1.32 bits per heavy atom. The van der Waals surface area contributed by atoms with Gasteiger partial charge < -0.3 is 5.32 Å². The highest BCUT2D eigenvalue weighted by Gasteiger charge is 2.12. The van der Waals surface area contributed by atoms with E-state index in [0.29, 0.717) is 6.04 Å². The number of aromatic nitrogens is 1. The van der Waals surface area contributed by atoms with Crippen LogP contribution in [-0.4, -0.2) is 17.6 Å². The van der Waals surface area contributed by atoms with E-state index in [1.807, 2.05) is 0 Å². The SMILES string of the molecule is CCNC(Cc1csc(C)n1)Cc1ccccc1Br. The van der Waals surface area contributed by atoms with E-state index in [4.69, 9.17) is 0 Å². The van der Waals surface area contributed by atoms with Crippen LogP contribution < -0.4 is 5.32 Å². The molecule has 0 amide bonds. The molecule has 1 N–H and O–H groups in total. The lowest BCUT2D eigenvalue weighted by Gasteiger charge is -2.17. The smallest absolute Gasteiger partial charge is 0.0897 e. The Morgan fingerprint density at radius 2 is 2.11 bits per heavy atom. The predicted molar refractivity (Wildman–Crippen MR) is 85.9 cm³/mol. The molecule has 0 saturated carbocycles. The molecule has 4 heteroatoms. The zero-order chi connectivity index (χ0) is 13.7. The lowest BCUT2D eigenvalue weighted by molar-refractivity contribution is 0.516. The molecule has 1 aromatic carbocycles. The van der Waals surface area contributed by atoms with E-state index in [1.54, 1.807) is 11.3 Å². The van der Waals surface area contributed by atoms with Gasteiger partial charge in [0.2, 0.25) is 0 Å². The second-order valence-corrected chi connectivity index (χ2v) is 6.53. The van der Waals surface area contributed by atoms with Crippen molar-refractivity contribution in [3.8, 4) is 0 Å². The van der Waals surface area contributed by atoms with Crippen LogP contribution in [0.5, 0.6) is 0 Å². The zero-order valence-corrected chi connectivity index (χ0v) is 13.7. The van der Waals surface area contributed by atoms with Crippen molar-refractivity contribution in [3.63, 3.8) is 0 Å². The fourth-order valence-corrected chi connectivity index (χ4v) is 3.26. The van der Waals surface area contributed by atoms with E-state index in [1.165, 1.54) is 15.7 Å². The van der Waals surface area contributed by atoms with Crippen LogP contribution in [0.3, 0.4) is 0 Å². The number of hydrogen-bond donors (Lipinski definition) is 1. The fraction of sp³-hybridized carbons (Fsp3) is 0.400. The first kappa shape index (κ1) is 14.7. The lowest BCUT2D eigenvalue weighted by atomic mass is 10.0. The van der Waals surface area contributed by atoms with Gasteiger partial charge in [0.15, 0.2) is 0 Å². The molecule has 2 nitrogen and oxygen atoms in total. The number of aryl methyl sites for hydroxylation is 1. The van der Waals surface area contributed by atoms with Crippen LogP contribution in [-0.2, 0) is 12.8 Å². The molecule has 19 heavy (non-hydrogen) atoms. The van der Waals surface area contributed by atoms with Gasteiger partial charge in [-0.05, 0) is 31.5 Å². The first-order valence-electron chi connectivity index (χ1n) is 6.56. The van der Waals surface area contributed by atoms with Crippen LogP contribution in [0.25, 0.3) is 0 Å². The number of hydrogen-bond acceptors (Lipinski definition) is 3. The zero-order valence-electron chi connectivity index (χ0n) is 11.3. The Morgan fingerprint density at radius 3 is 2.74 bits per heavy atom. The summed E-state index contributed by atoms with van der Waals surface area (Å²) >= 11 is 5.35. The van der Waals surface area contributed by atoms with Gasteiger partial charge in [-0.1, -0.05) is 41.1 Å². The molecule has 102 valence electrons. The third-order valence-corrected chi connectivity index (χ3v) is 4.64. The van der Waals surface area contributed by atoms with Crippen LogP contribution in [0.4, 0.5) is 0 Å². The second kappa shape index (κ2) is 7.17. The van der Waals surface area contributed by atoms with E-state index in [2.05, 4.69) is 69.7 Å². The Hall–Kier alpha value is -0.710. The molecule has 0 spiro atoms. The first-order valence-corrected chi connectivity index (χ1v) is 8.24. The van der Waals surface area contributed by atoms with Crippen molar-refractivity contribution in [1.82, 2.24) is 10.3 Å². The molecular weight excluding hydrogens is 320 g/mol. The summed E-state index contributed by atoms with van der Waals surface area (Å²) in [5, 5.41) is 6.87. The molecule has 1 unspecified atom stereocenters. The maximum atomic E-state index is 4.56. The van der Waals surface area contributed by atoms with Gasteiger partial charge in [-0.25, -0.2) is 4.98 Å². The van der Waals surface area contributed by atoms with E-state index in [9.17, 15) is 0 Å². The van der Waals surface area contributed by atoms with Crippen LogP contribution in [0, 0.1) is 6.92 Å². The number of thiazole rings is 1. The monoisotopic (exact) mass is 338 g/mol. The van der Waals surface area contributed by atoms with Crippen LogP contribution in [0.2, 0.25) is 0 Å². The van der Waals surface area contributed by atoms with E-state index < -0.39 is 0 Å². The van der Waals surface area contributed by atoms with E-state index in [-0.39, 0.29) is 0 Å². The predicted octanol–water partition coefficient (Wildman–Crippen LogP) is 3.98. The second-order valence-electron chi connectivity index (χ2n) is 4.61. The highest BCUT2D eigenvalue weighted by molar-refractivity contribution is 9.10. The van der Waals surface area contributed by atoms with E-state index >= 15 is 0 Å². The Bertz CT molecular complexity index is 524. The minimum atomic E-state index is 0.435. The minimum absolute atomic E-state index is 0.435. The largest absolute Gasteiger partial charge is 0.314 e. The first-order chi connectivity index (χ1) is 9.19. The van der Waals surface area contributed by atoms with E-state index in [0.717, 1.165) is 24.4 Å². The Labute approximate surface area is 127 Å². The van der Waals surface area contributed by atoms with Crippen molar-refractivity contribution in [2.45, 2.75) is 32.7 Å². The standard InChI is InChI=1S/C15H19BrN2S/c1-3-17-13(9-14-10-19-11(2)18-14)8-12-6-4-5-7-15(12)16/h4-7,10,13,17H,3,8-9H2,1-2H3. The summed E-state index contributed by atoms with van der Waals surface area (Å²) in [6, 6.07) is 8.87. The molecule has 0 aliphatic rings. The molecule has 0 aliphatic heterocycles. The number of halogens is 1. The van der Waals surface area contributed by atoms with Crippen LogP contribution >= 0.6 is 27.3 Å². The molecule has 2 rings (SSSR count). The van der Waals surface area contributed by atoms with Crippen molar-refractivity contribution >= 4 is 27.3 Å². The summed E-state index contributed by atoms with van der Waals surface area (Å²) in [5.41, 5.74) is 2.54. The number of nitrogens with zero attached hydrogens (tertiary/aromatic N) is 1. The average Bonchev–Trinajstić information content (AvgIpc) is 2.78. The molecular formula is C15H19BrN2S. The van der Waals surface area contributed by atoms with Crippen molar-refractivity contribution < 1.29 is 0 Å². The van der Waals surface area contributed by atoms with Crippen molar-refractivity contribution in [2.24, 2.45) is 0 Å². The van der Waals surface area contributed by atoms with Gasteiger partial charge in [-0.2, -0.15) is 0 Å². The lowest BCUT2D eigenvalue weighted by Crippen LogP contribution is -2.33. The molecule has 0 bridgehead atoms. The third kappa shape index (κ3) is 4.41. The Kier molecular flexibility index (Phi) is 5.55. The van der Waals surface area contributed by atoms with Crippen molar-refractivity contribution in [2.75, 3.05) is 6.54 Å². The highest BCUT2D eigenvalue weighted by atomic mass is 79.9. The Balaban J connectivity index is 2.06. The third-order valence-electron chi connectivity index (χ3n) is 3.04. The summed E-state index contributed by atoms with van der Waals surface area (Å²) in [6.07, 6.45) is 2.01. The average molecular weight is 339 g/mol. The summed E-state index contributed by atoms with van der Waals surface area (Å²) in [6.45, 7) is 5.20. The summed E-state index contributed by atoms with van der Waals surface area (Å²) in [7, 11) is 0. The normalized spacial score (nSPS) is 12.6. The molecule has 1 heterocycles. The minimum Gasteiger partial charge on any atom is -0.314 e. The molecule has 0 radical (unpaired) electrons. The number of rotatable bonds is 6. The quantitative estimate of drug-likeness (QED) is 0.861. The maximum absolute atomic E-state index is 4.56.